The molecule has 2 aromatic heterocycles. The Labute approximate surface area is 179 Å². The van der Waals surface area contributed by atoms with Crippen molar-refractivity contribution in [2.24, 2.45) is 7.05 Å². The van der Waals surface area contributed by atoms with Crippen LogP contribution < -0.4 is 19.9 Å². The number of rotatable bonds is 5. The topological polar surface area (TPSA) is 93.5 Å². The fourth-order valence-electron chi connectivity index (χ4n) is 3.90. The Morgan fingerprint density at radius 2 is 1.68 bits per heavy atom. The molecule has 0 aliphatic heterocycles. The highest BCUT2D eigenvalue weighted by Crippen LogP contribution is 2.45. The zero-order chi connectivity index (χ0) is 22.3. The second-order valence-corrected chi connectivity index (χ2v) is 7.12. The summed E-state index contributed by atoms with van der Waals surface area (Å²) in [5.41, 5.74) is 10.3. The van der Waals surface area contributed by atoms with Crippen molar-refractivity contribution >= 4 is 22.6 Å². The number of para-hydroxylation sites is 1. The van der Waals surface area contributed by atoms with Crippen LogP contribution in [0.15, 0.2) is 42.6 Å². The van der Waals surface area contributed by atoms with Crippen LogP contribution in [0.3, 0.4) is 0 Å². The van der Waals surface area contributed by atoms with E-state index in [2.05, 4.69) is 5.10 Å². The van der Waals surface area contributed by atoms with Gasteiger partial charge in [0.2, 0.25) is 11.7 Å². The quantitative estimate of drug-likeness (QED) is 0.525. The summed E-state index contributed by atoms with van der Waals surface area (Å²) in [7, 11) is 6.62. The van der Waals surface area contributed by atoms with Gasteiger partial charge in [0.25, 0.3) is 0 Å². The Balaban J connectivity index is 2.07. The summed E-state index contributed by atoms with van der Waals surface area (Å²) in [5, 5.41) is 5.57. The van der Waals surface area contributed by atoms with Gasteiger partial charge >= 0.3 is 0 Å². The third kappa shape index (κ3) is 3.16. The van der Waals surface area contributed by atoms with E-state index in [1.165, 1.54) is 11.6 Å². The van der Waals surface area contributed by atoms with Crippen molar-refractivity contribution in [3.63, 3.8) is 0 Å². The molecule has 31 heavy (non-hydrogen) atoms. The van der Waals surface area contributed by atoms with E-state index in [1.54, 1.807) is 33.5 Å². The number of nitrogen functional groups attached to an aromatic ring is 1. The van der Waals surface area contributed by atoms with Gasteiger partial charge in [0, 0.05) is 42.2 Å². The minimum Gasteiger partial charge on any atom is -0.493 e. The second kappa shape index (κ2) is 7.71. The van der Waals surface area contributed by atoms with Crippen molar-refractivity contribution in [2.45, 2.75) is 6.92 Å². The molecule has 2 N–H and O–H groups in total. The van der Waals surface area contributed by atoms with E-state index in [-0.39, 0.29) is 11.7 Å². The molecule has 2 aromatic carbocycles. The summed E-state index contributed by atoms with van der Waals surface area (Å²) >= 11 is 0. The van der Waals surface area contributed by atoms with E-state index in [0.29, 0.717) is 34.1 Å². The monoisotopic (exact) mass is 420 g/mol. The van der Waals surface area contributed by atoms with Gasteiger partial charge in [0.1, 0.15) is 11.5 Å². The average Bonchev–Trinajstić information content (AvgIpc) is 3.29. The molecule has 0 unspecified atom stereocenters. The van der Waals surface area contributed by atoms with Crippen LogP contribution in [0, 0.1) is 0 Å². The van der Waals surface area contributed by atoms with Crippen LogP contribution >= 0.6 is 0 Å². The van der Waals surface area contributed by atoms with Gasteiger partial charge in [-0.3, -0.25) is 4.79 Å². The average molecular weight is 420 g/mol. The third-order valence-electron chi connectivity index (χ3n) is 5.32. The fourth-order valence-corrected chi connectivity index (χ4v) is 3.90. The summed E-state index contributed by atoms with van der Waals surface area (Å²) < 4.78 is 19.7. The molecule has 0 aliphatic carbocycles. The number of nitrogens with zero attached hydrogens (tertiary/aromatic N) is 3. The van der Waals surface area contributed by atoms with E-state index in [4.69, 9.17) is 19.9 Å². The fraction of sp³-hybridized carbons (Fsp3) is 0.217. The molecule has 0 fully saturated rings. The first kappa shape index (κ1) is 20.3. The maximum Gasteiger partial charge on any atom is 0.245 e. The standard InChI is InChI=1S/C23H24N4O4/c1-13(28)27-23(24)20(16-12-26(2)17-9-7-6-8-15(16)17)21(25-27)14-10-18(29-3)22(31-5)19(11-14)30-4/h6-12H,24H2,1-5H3. The predicted octanol–water partition coefficient (Wildman–Crippen LogP) is 3.98. The summed E-state index contributed by atoms with van der Waals surface area (Å²) in [6, 6.07) is 11.6. The Hall–Kier alpha value is -3.94. The SMILES string of the molecule is COc1cc(-c2nn(C(C)=O)c(N)c2-c2cn(C)c3ccccc23)cc(OC)c1OC. The number of aromatic nitrogens is 3. The van der Waals surface area contributed by atoms with Crippen LogP contribution in [0.4, 0.5) is 5.82 Å². The van der Waals surface area contributed by atoms with Gasteiger partial charge in [-0.15, -0.1) is 0 Å². The molecule has 0 spiro atoms. The van der Waals surface area contributed by atoms with E-state index in [0.717, 1.165) is 16.5 Å². The number of ether oxygens (including phenoxy) is 3. The van der Waals surface area contributed by atoms with E-state index in [9.17, 15) is 4.79 Å². The molecule has 8 nitrogen and oxygen atoms in total. The van der Waals surface area contributed by atoms with Crippen LogP contribution in [0.5, 0.6) is 17.2 Å². The summed E-state index contributed by atoms with van der Waals surface area (Å²) in [4.78, 5) is 12.3. The lowest BCUT2D eigenvalue weighted by molar-refractivity contribution is 0.0924. The van der Waals surface area contributed by atoms with Gasteiger partial charge in [0.05, 0.1) is 26.9 Å². The number of benzene rings is 2. The second-order valence-electron chi connectivity index (χ2n) is 7.12. The minimum atomic E-state index is -0.280. The number of anilines is 1. The van der Waals surface area contributed by atoms with Gasteiger partial charge in [0.15, 0.2) is 11.5 Å². The summed E-state index contributed by atoms with van der Waals surface area (Å²) in [5.74, 6) is 1.43. The number of methoxy groups -OCH3 is 3. The van der Waals surface area contributed by atoms with Crippen molar-refractivity contribution in [2.75, 3.05) is 27.1 Å². The molecule has 0 saturated heterocycles. The highest BCUT2D eigenvalue weighted by atomic mass is 16.5. The molecule has 160 valence electrons. The van der Waals surface area contributed by atoms with Crippen molar-refractivity contribution in [3.05, 3.63) is 42.6 Å². The zero-order valence-electron chi connectivity index (χ0n) is 18.1. The normalized spacial score (nSPS) is 11.0. The highest BCUT2D eigenvalue weighted by Gasteiger charge is 2.25. The van der Waals surface area contributed by atoms with Crippen molar-refractivity contribution < 1.29 is 19.0 Å². The summed E-state index contributed by atoms with van der Waals surface area (Å²) in [6.45, 7) is 1.43. The largest absolute Gasteiger partial charge is 0.493 e. The lowest BCUT2D eigenvalue weighted by atomic mass is 9.99. The smallest absolute Gasteiger partial charge is 0.245 e. The first-order chi connectivity index (χ1) is 14.9. The molecule has 0 radical (unpaired) electrons. The van der Waals surface area contributed by atoms with Gasteiger partial charge in [-0.1, -0.05) is 18.2 Å². The molecule has 0 atom stereocenters. The molecule has 0 bridgehead atoms. The molecule has 8 heteroatoms. The molecule has 0 saturated carbocycles. The number of fused-ring (bicyclic) bond motifs is 1. The Morgan fingerprint density at radius 3 is 2.26 bits per heavy atom. The molecule has 4 aromatic rings. The number of hydrogen-bond acceptors (Lipinski definition) is 6. The number of carbonyl (C=O) groups is 1. The van der Waals surface area contributed by atoms with E-state index in [1.807, 2.05) is 42.1 Å². The number of hydrogen-bond donors (Lipinski definition) is 1. The van der Waals surface area contributed by atoms with Crippen molar-refractivity contribution in [1.82, 2.24) is 14.3 Å². The Morgan fingerprint density at radius 1 is 1.03 bits per heavy atom. The molecule has 4 rings (SSSR count). The van der Waals surface area contributed by atoms with Crippen molar-refractivity contribution in [3.8, 4) is 39.6 Å². The molecule has 2 heterocycles. The highest BCUT2D eigenvalue weighted by molar-refractivity contribution is 6.04. The van der Waals surface area contributed by atoms with Crippen LogP contribution in [0.1, 0.15) is 11.7 Å². The van der Waals surface area contributed by atoms with E-state index < -0.39 is 0 Å². The maximum absolute atomic E-state index is 12.3. The van der Waals surface area contributed by atoms with Crippen LogP contribution in [0.2, 0.25) is 0 Å². The van der Waals surface area contributed by atoms with Gasteiger partial charge < -0.3 is 24.5 Å². The number of nitrogens with two attached hydrogens (primary N) is 1. The third-order valence-corrected chi connectivity index (χ3v) is 5.32. The zero-order valence-corrected chi connectivity index (χ0v) is 18.1. The lowest BCUT2D eigenvalue weighted by Crippen LogP contribution is -2.11. The van der Waals surface area contributed by atoms with E-state index >= 15 is 0 Å². The molecular weight excluding hydrogens is 396 g/mol. The Kier molecular flexibility index (Phi) is 5.06. The number of aryl methyl sites for hydroxylation is 1. The molecule has 0 amide bonds. The van der Waals surface area contributed by atoms with Crippen molar-refractivity contribution in [1.29, 1.82) is 0 Å². The van der Waals surface area contributed by atoms with Crippen LogP contribution in [0.25, 0.3) is 33.3 Å². The molecular formula is C23H24N4O4. The minimum absolute atomic E-state index is 0.271. The van der Waals surface area contributed by atoms with Gasteiger partial charge in [-0.05, 0) is 18.2 Å². The van der Waals surface area contributed by atoms with Gasteiger partial charge in [-0.2, -0.15) is 9.78 Å². The predicted molar refractivity (Wildman–Crippen MR) is 120 cm³/mol. The summed E-state index contributed by atoms with van der Waals surface area (Å²) in [6.07, 6.45) is 1.99. The molecule has 0 aliphatic rings. The first-order valence-electron chi connectivity index (χ1n) is 9.65. The van der Waals surface area contributed by atoms with Crippen LogP contribution in [-0.4, -0.2) is 41.6 Å². The lowest BCUT2D eigenvalue weighted by Gasteiger charge is -2.14. The van der Waals surface area contributed by atoms with Gasteiger partial charge in [-0.25, -0.2) is 0 Å². The van der Waals surface area contributed by atoms with Crippen LogP contribution in [-0.2, 0) is 7.05 Å². The maximum atomic E-state index is 12.3. The number of carbonyl (C=O) groups excluding carboxylic acids is 1. The Bertz CT molecular complexity index is 1280. The first-order valence-corrected chi connectivity index (χ1v) is 9.65.